The average molecular weight is 374 g/mol. The van der Waals surface area contributed by atoms with Gasteiger partial charge in [0, 0.05) is 0 Å². The zero-order valence-corrected chi connectivity index (χ0v) is 14.0. The molecular formula is C18H13F3N4O2. The van der Waals surface area contributed by atoms with Gasteiger partial charge in [0.2, 0.25) is 0 Å². The molecule has 0 aliphatic carbocycles. The van der Waals surface area contributed by atoms with Crippen LogP contribution in [0.2, 0.25) is 0 Å². The summed E-state index contributed by atoms with van der Waals surface area (Å²) in [5.74, 6) is -4.40. The van der Waals surface area contributed by atoms with Gasteiger partial charge in [0.15, 0.2) is 29.0 Å². The predicted molar refractivity (Wildman–Crippen MR) is 92.6 cm³/mol. The highest BCUT2D eigenvalue weighted by molar-refractivity contribution is 6.02. The van der Waals surface area contributed by atoms with E-state index in [0.717, 1.165) is 6.07 Å². The Balaban J connectivity index is 1.73. The van der Waals surface area contributed by atoms with Crippen molar-refractivity contribution < 1.29 is 22.7 Å². The lowest BCUT2D eigenvalue weighted by Gasteiger charge is -2.10. The number of methoxy groups -OCH3 is 1. The van der Waals surface area contributed by atoms with Crippen molar-refractivity contribution in [2.45, 2.75) is 0 Å². The number of rotatable bonds is 5. The quantitative estimate of drug-likeness (QED) is 0.663. The summed E-state index contributed by atoms with van der Waals surface area (Å²) in [5.41, 5.74) is 0.0111. The largest absolute Gasteiger partial charge is 0.495 e. The molecule has 2 N–H and O–H groups in total. The molecule has 9 heteroatoms. The van der Waals surface area contributed by atoms with Crippen LogP contribution in [0.1, 0.15) is 10.5 Å². The number of hydrogen-bond acceptors (Lipinski definition) is 5. The molecule has 0 unspecified atom stereocenters. The molecule has 1 amide bonds. The van der Waals surface area contributed by atoms with E-state index in [1.165, 1.54) is 19.2 Å². The van der Waals surface area contributed by atoms with Crippen LogP contribution in [0.3, 0.4) is 0 Å². The van der Waals surface area contributed by atoms with E-state index in [9.17, 15) is 18.0 Å². The summed E-state index contributed by atoms with van der Waals surface area (Å²) < 4.78 is 45.0. The lowest BCUT2D eigenvalue weighted by Crippen LogP contribution is -2.16. The fourth-order valence-corrected chi connectivity index (χ4v) is 2.21. The second-order valence-corrected chi connectivity index (χ2v) is 5.31. The number of hydrogen-bond donors (Lipinski definition) is 2. The Kier molecular flexibility index (Phi) is 5.20. The van der Waals surface area contributed by atoms with Crippen molar-refractivity contribution in [1.29, 1.82) is 0 Å². The van der Waals surface area contributed by atoms with Gasteiger partial charge in [0.25, 0.3) is 5.91 Å². The molecule has 0 spiro atoms. The number of amides is 1. The number of nitrogens with zero attached hydrogens (tertiary/aromatic N) is 2. The van der Waals surface area contributed by atoms with Crippen molar-refractivity contribution in [2.24, 2.45) is 0 Å². The zero-order chi connectivity index (χ0) is 19.4. The van der Waals surface area contributed by atoms with E-state index in [4.69, 9.17) is 4.74 Å². The van der Waals surface area contributed by atoms with Gasteiger partial charge in [0.1, 0.15) is 5.75 Å². The van der Waals surface area contributed by atoms with E-state index in [1.807, 2.05) is 0 Å². The number of halogens is 3. The molecule has 0 bridgehead atoms. The van der Waals surface area contributed by atoms with Crippen molar-refractivity contribution in [3.63, 3.8) is 0 Å². The van der Waals surface area contributed by atoms with Gasteiger partial charge in [-0.05, 0) is 36.4 Å². The number of ether oxygens (including phenoxy) is 1. The number of carbonyl (C=O) groups is 1. The molecule has 0 atom stereocenters. The third-order valence-electron chi connectivity index (χ3n) is 3.55. The van der Waals surface area contributed by atoms with Gasteiger partial charge in [-0.1, -0.05) is 12.1 Å². The smallest absolute Gasteiger partial charge is 0.276 e. The fraction of sp³-hybridized carbons (Fsp3) is 0.0556. The number of nitrogens with one attached hydrogen (secondary N) is 2. The Labute approximate surface area is 152 Å². The normalized spacial score (nSPS) is 10.4. The van der Waals surface area contributed by atoms with Crippen molar-refractivity contribution in [3.8, 4) is 5.75 Å². The Bertz CT molecular complexity index is 981. The molecule has 2 aromatic carbocycles. The van der Waals surface area contributed by atoms with Crippen molar-refractivity contribution >= 4 is 23.1 Å². The highest BCUT2D eigenvalue weighted by atomic mass is 19.2. The van der Waals surface area contributed by atoms with Gasteiger partial charge in [-0.3, -0.25) is 4.79 Å². The highest BCUT2D eigenvalue weighted by Crippen LogP contribution is 2.26. The molecule has 0 aliphatic heterocycles. The minimum absolute atomic E-state index is 0.135. The number of para-hydroxylation sites is 2. The Morgan fingerprint density at radius 1 is 0.926 bits per heavy atom. The topological polar surface area (TPSA) is 76.1 Å². The standard InChI is InChI=1S/C18H13F3N4O2/c1-27-14-5-3-2-4-11(14)22-15-9-8-13(24-25-15)18(26)23-12-7-6-10(19)16(20)17(12)21/h2-9H,1H3,(H,22,25)(H,23,26). The molecular weight excluding hydrogens is 361 g/mol. The fourth-order valence-electron chi connectivity index (χ4n) is 2.21. The SMILES string of the molecule is COc1ccccc1Nc1ccc(C(=O)Nc2ccc(F)c(F)c2F)nn1. The van der Waals surface area contributed by atoms with E-state index in [0.29, 0.717) is 23.3 Å². The molecule has 0 saturated heterocycles. The van der Waals surface area contributed by atoms with Crippen LogP contribution >= 0.6 is 0 Å². The molecule has 0 aliphatic rings. The van der Waals surface area contributed by atoms with Gasteiger partial charge in [-0.15, -0.1) is 10.2 Å². The van der Waals surface area contributed by atoms with Gasteiger partial charge < -0.3 is 15.4 Å². The van der Waals surface area contributed by atoms with Crippen LogP contribution in [-0.4, -0.2) is 23.2 Å². The second-order valence-electron chi connectivity index (χ2n) is 5.31. The van der Waals surface area contributed by atoms with E-state index in [1.54, 1.807) is 24.3 Å². The predicted octanol–water partition coefficient (Wildman–Crippen LogP) is 3.90. The molecule has 1 heterocycles. The maximum Gasteiger partial charge on any atom is 0.276 e. The monoisotopic (exact) mass is 374 g/mol. The number of benzene rings is 2. The average Bonchev–Trinajstić information content (AvgIpc) is 2.69. The van der Waals surface area contributed by atoms with Gasteiger partial charge >= 0.3 is 0 Å². The summed E-state index contributed by atoms with van der Waals surface area (Å²) in [6, 6.07) is 11.6. The third kappa shape index (κ3) is 3.97. The minimum Gasteiger partial charge on any atom is -0.495 e. The lowest BCUT2D eigenvalue weighted by molar-refractivity contribution is 0.102. The Hall–Kier alpha value is -3.62. The molecule has 0 fully saturated rings. The first-order valence-electron chi connectivity index (χ1n) is 7.68. The first-order chi connectivity index (χ1) is 13.0. The minimum atomic E-state index is -1.67. The molecule has 27 heavy (non-hydrogen) atoms. The van der Waals surface area contributed by atoms with Crippen LogP contribution in [-0.2, 0) is 0 Å². The van der Waals surface area contributed by atoms with E-state index >= 15 is 0 Å². The summed E-state index contributed by atoms with van der Waals surface area (Å²) in [7, 11) is 1.52. The molecule has 138 valence electrons. The molecule has 3 aromatic rings. The molecule has 6 nitrogen and oxygen atoms in total. The van der Waals surface area contributed by atoms with Crippen LogP contribution in [0, 0.1) is 17.5 Å². The summed E-state index contributed by atoms with van der Waals surface area (Å²) in [5, 5.41) is 12.7. The molecule has 1 aromatic heterocycles. The van der Waals surface area contributed by atoms with Crippen molar-refractivity contribution in [2.75, 3.05) is 17.7 Å². The Morgan fingerprint density at radius 3 is 2.41 bits per heavy atom. The third-order valence-corrected chi connectivity index (χ3v) is 3.55. The van der Waals surface area contributed by atoms with Crippen LogP contribution in [0.5, 0.6) is 5.75 Å². The summed E-state index contributed by atoms with van der Waals surface area (Å²) in [6.07, 6.45) is 0. The molecule has 3 rings (SSSR count). The van der Waals surface area contributed by atoms with Gasteiger partial charge in [-0.2, -0.15) is 0 Å². The summed E-state index contributed by atoms with van der Waals surface area (Å²) in [4.78, 5) is 12.1. The van der Waals surface area contributed by atoms with E-state index in [2.05, 4.69) is 20.8 Å². The maximum absolute atomic E-state index is 13.6. The molecule has 0 saturated carbocycles. The van der Waals surface area contributed by atoms with Gasteiger partial charge in [-0.25, -0.2) is 13.2 Å². The molecule has 0 radical (unpaired) electrons. The lowest BCUT2D eigenvalue weighted by atomic mass is 10.2. The van der Waals surface area contributed by atoms with Crippen LogP contribution < -0.4 is 15.4 Å². The Morgan fingerprint density at radius 2 is 1.70 bits per heavy atom. The number of aromatic nitrogens is 2. The summed E-state index contributed by atoms with van der Waals surface area (Å²) in [6.45, 7) is 0. The maximum atomic E-state index is 13.6. The van der Waals surface area contributed by atoms with Crippen LogP contribution in [0.25, 0.3) is 0 Å². The number of anilines is 3. The van der Waals surface area contributed by atoms with E-state index < -0.39 is 29.0 Å². The van der Waals surface area contributed by atoms with Crippen molar-refractivity contribution in [1.82, 2.24) is 10.2 Å². The first-order valence-corrected chi connectivity index (χ1v) is 7.68. The number of carbonyl (C=O) groups excluding carboxylic acids is 1. The van der Waals surface area contributed by atoms with E-state index in [-0.39, 0.29) is 5.69 Å². The zero-order valence-electron chi connectivity index (χ0n) is 14.0. The highest BCUT2D eigenvalue weighted by Gasteiger charge is 2.17. The van der Waals surface area contributed by atoms with Crippen molar-refractivity contribution in [3.05, 3.63) is 71.7 Å². The van der Waals surface area contributed by atoms with Crippen LogP contribution in [0.15, 0.2) is 48.5 Å². The first kappa shape index (κ1) is 18.2. The second kappa shape index (κ2) is 7.73. The van der Waals surface area contributed by atoms with Gasteiger partial charge in [0.05, 0.1) is 18.5 Å². The van der Waals surface area contributed by atoms with Crippen LogP contribution in [0.4, 0.5) is 30.4 Å². The summed E-state index contributed by atoms with van der Waals surface area (Å²) >= 11 is 0.